The quantitative estimate of drug-likeness (QED) is 0.578. The minimum Gasteiger partial charge on any atom is -0.504 e. The van der Waals surface area contributed by atoms with Crippen LogP contribution in [0.15, 0.2) is 53.8 Å². The molecule has 5 atom stereocenters. The molecule has 1 fully saturated rings. The molecule has 1 aliphatic carbocycles. The lowest BCUT2D eigenvalue weighted by Crippen LogP contribution is -2.44. The van der Waals surface area contributed by atoms with E-state index in [9.17, 15) is 14.7 Å². The molecule has 36 heavy (non-hydrogen) atoms. The van der Waals surface area contributed by atoms with Gasteiger partial charge in [0.05, 0.1) is 31.8 Å². The molecule has 5 unspecified atom stereocenters. The molecule has 5 rings (SSSR count). The molecular formula is C28H30ClNO6. The summed E-state index contributed by atoms with van der Waals surface area (Å²) in [6.07, 6.45) is 1.40. The number of nitrogens with zero attached hydrogens (tertiary/aromatic N) is 1. The van der Waals surface area contributed by atoms with Crippen LogP contribution in [-0.2, 0) is 20.7 Å². The number of alkyl halides is 1. The van der Waals surface area contributed by atoms with E-state index in [1.54, 1.807) is 24.1 Å². The molecule has 7 nitrogen and oxygen atoms in total. The van der Waals surface area contributed by atoms with E-state index in [4.69, 9.17) is 25.8 Å². The van der Waals surface area contributed by atoms with Crippen molar-refractivity contribution >= 4 is 23.3 Å². The number of ether oxygens (including phenoxy) is 3. The number of aromatic hydroxyl groups is 1. The van der Waals surface area contributed by atoms with Crippen molar-refractivity contribution in [3.63, 3.8) is 0 Å². The minimum atomic E-state index is -0.637. The van der Waals surface area contributed by atoms with Crippen molar-refractivity contribution in [2.75, 3.05) is 20.8 Å². The Morgan fingerprint density at radius 2 is 1.83 bits per heavy atom. The minimum absolute atomic E-state index is 0.0119. The molecule has 2 aromatic carbocycles. The largest absolute Gasteiger partial charge is 0.504 e. The second-order valence-corrected chi connectivity index (χ2v) is 10.3. The van der Waals surface area contributed by atoms with E-state index in [1.165, 1.54) is 13.2 Å². The van der Waals surface area contributed by atoms with Crippen LogP contribution < -0.4 is 9.47 Å². The molecule has 2 aromatic rings. The van der Waals surface area contributed by atoms with Gasteiger partial charge in [-0.1, -0.05) is 25.1 Å². The van der Waals surface area contributed by atoms with Crippen molar-refractivity contribution in [1.82, 2.24) is 4.90 Å². The predicted molar refractivity (Wildman–Crippen MR) is 134 cm³/mol. The molecule has 1 N–H and O–H groups in total. The Balaban J connectivity index is 1.51. The number of phenolic OH excluding ortho intramolecular Hbond substituents is 1. The number of Topliss-reactive ketones (excluding diaryl/α,β-unsaturated/α-hetero) is 1. The van der Waals surface area contributed by atoms with Crippen LogP contribution >= 0.6 is 11.6 Å². The SMILES string of the molecule is COc1ccc(CCN2C(=O)C3=C(C(=O)C4CC(Cl)C(C)CC4O3)C2c2ccc(O)c(OC)c2)cc1. The number of hydrogen-bond donors (Lipinski definition) is 1. The summed E-state index contributed by atoms with van der Waals surface area (Å²) in [5.41, 5.74) is 2.09. The second-order valence-electron chi connectivity index (χ2n) is 9.76. The number of amides is 1. The van der Waals surface area contributed by atoms with Gasteiger partial charge in [0, 0.05) is 11.9 Å². The highest BCUT2D eigenvalue weighted by Crippen LogP contribution is 2.49. The maximum atomic E-state index is 13.9. The van der Waals surface area contributed by atoms with Gasteiger partial charge >= 0.3 is 0 Å². The molecule has 1 saturated carbocycles. The lowest BCUT2D eigenvalue weighted by molar-refractivity contribution is -0.136. The number of rotatable bonds is 6. The van der Waals surface area contributed by atoms with Crippen LogP contribution in [0, 0.1) is 11.8 Å². The molecule has 190 valence electrons. The van der Waals surface area contributed by atoms with E-state index in [0.717, 1.165) is 11.3 Å². The second kappa shape index (κ2) is 9.69. The van der Waals surface area contributed by atoms with Gasteiger partial charge in [-0.2, -0.15) is 0 Å². The summed E-state index contributed by atoms with van der Waals surface area (Å²) in [5, 5.41) is 10.0. The summed E-state index contributed by atoms with van der Waals surface area (Å²) in [4.78, 5) is 29.3. The van der Waals surface area contributed by atoms with E-state index in [-0.39, 0.29) is 52.3 Å². The highest BCUT2D eigenvalue weighted by molar-refractivity contribution is 6.21. The van der Waals surface area contributed by atoms with Gasteiger partial charge in [-0.3, -0.25) is 9.59 Å². The summed E-state index contributed by atoms with van der Waals surface area (Å²) in [6.45, 7) is 2.43. The first-order chi connectivity index (χ1) is 17.3. The fraction of sp³-hybridized carbons (Fsp3) is 0.429. The van der Waals surface area contributed by atoms with Crippen molar-refractivity contribution in [2.45, 2.75) is 43.7 Å². The zero-order chi connectivity index (χ0) is 25.6. The molecule has 8 heteroatoms. The van der Waals surface area contributed by atoms with Gasteiger partial charge in [-0.05, 0) is 60.6 Å². The first-order valence-electron chi connectivity index (χ1n) is 12.2. The fourth-order valence-corrected chi connectivity index (χ4v) is 5.84. The van der Waals surface area contributed by atoms with Gasteiger partial charge in [0.2, 0.25) is 0 Å². The van der Waals surface area contributed by atoms with Crippen LogP contribution in [0.1, 0.15) is 36.9 Å². The van der Waals surface area contributed by atoms with Gasteiger partial charge in [0.15, 0.2) is 23.0 Å². The van der Waals surface area contributed by atoms with E-state index in [0.29, 0.717) is 36.9 Å². The number of ketones is 1. The number of methoxy groups -OCH3 is 2. The van der Waals surface area contributed by atoms with Crippen molar-refractivity contribution in [1.29, 1.82) is 0 Å². The fourth-order valence-electron chi connectivity index (χ4n) is 5.55. The molecule has 2 aliphatic heterocycles. The van der Waals surface area contributed by atoms with Gasteiger partial charge in [0.1, 0.15) is 11.9 Å². The summed E-state index contributed by atoms with van der Waals surface area (Å²) >= 11 is 6.55. The number of benzene rings is 2. The molecule has 0 saturated heterocycles. The van der Waals surface area contributed by atoms with Crippen LogP contribution in [-0.4, -0.2) is 53.9 Å². The van der Waals surface area contributed by atoms with Crippen LogP contribution in [0.25, 0.3) is 0 Å². The molecule has 0 spiro atoms. The Labute approximate surface area is 215 Å². The lowest BCUT2D eigenvalue weighted by atomic mass is 9.74. The number of phenols is 1. The zero-order valence-electron chi connectivity index (χ0n) is 20.6. The molecule has 0 radical (unpaired) electrons. The standard InChI is InChI=1S/C28H30ClNO6/c1-15-12-22-19(14-20(15)29)26(32)24-25(17-6-9-21(31)23(13-17)35-3)30(28(33)27(24)36-22)11-10-16-4-7-18(34-2)8-5-16/h4-9,13,15,19-20,22,25,31H,10-12,14H2,1-3H3. The van der Waals surface area contributed by atoms with Gasteiger partial charge in [-0.25, -0.2) is 0 Å². The molecule has 3 aliphatic rings. The van der Waals surface area contributed by atoms with Gasteiger partial charge in [0.25, 0.3) is 5.91 Å². The Morgan fingerprint density at radius 1 is 1.08 bits per heavy atom. The lowest BCUT2D eigenvalue weighted by Gasteiger charge is -2.40. The van der Waals surface area contributed by atoms with Crippen LogP contribution in [0.5, 0.6) is 17.2 Å². The first-order valence-corrected chi connectivity index (χ1v) is 12.7. The Bertz CT molecular complexity index is 1210. The number of fused-ring (bicyclic) bond motifs is 1. The monoisotopic (exact) mass is 511 g/mol. The maximum Gasteiger partial charge on any atom is 0.290 e. The third kappa shape index (κ3) is 4.19. The Hall–Kier alpha value is -3.19. The van der Waals surface area contributed by atoms with Gasteiger partial charge in [-0.15, -0.1) is 11.6 Å². The summed E-state index contributed by atoms with van der Waals surface area (Å²) in [7, 11) is 3.08. The topological polar surface area (TPSA) is 85.3 Å². The normalized spacial score (nSPS) is 27.4. The number of halogens is 1. The molecule has 0 bridgehead atoms. The maximum absolute atomic E-state index is 13.9. The Kier molecular flexibility index (Phi) is 6.60. The zero-order valence-corrected chi connectivity index (χ0v) is 21.3. The number of carbonyl (C=O) groups excluding carboxylic acids is 2. The van der Waals surface area contributed by atoms with E-state index < -0.39 is 6.04 Å². The summed E-state index contributed by atoms with van der Waals surface area (Å²) < 4.78 is 16.8. The molecule has 2 heterocycles. The smallest absolute Gasteiger partial charge is 0.290 e. The number of carbonyl (C=O) groups is 2. The van der Waals surface area contributed by atoms with Gasteiger partial charge < -0.3 is 24.2 Å². The predicted octanol–water partition coefficient (Wildman–Crippen LogP) is 4.41. The van der Waals surface area contributed by atoms with Crippen molar-refractivity contribution in [2.24, 2.45) is 11.8 Å². The Morgan fingerprint density at radius 3 is 2.53 bits per heavy atom. The van der Waals surface area contributed by atoms with Crippen LogP contribution in [0.4, 0.5) is 0 Å². The highest BCUT2D eigenvalue weighted by Gasteiger charge is 2.53. The molecule has 1 amide bonds. The van der Waals surface area contributed by atoms with Crippen molar-refractivity contribution in [3.05, 3.63) is 64.9 Å². The average Bonchev–Trinajstić information content (AvgIpc) is 3.16. The van der Waals surface area contributed by atoms with Crippen LogP contribution in [0.3, 0.4) is 0 Å². The molecule has 0 aromatic heterocycles. The van der Waals surface area contributed by atoms with E-state index >= 15 is 0 Å². The van der Waals surface area contributed by atoms with Crippen molar-refractivity contribution in [3.8, 4) is 17.2 Å². The highest BCUT2D eigenvalue weighted by atomic mass is 35.5. The van der Waals surface area contributed by atoms with Crippen molar-refractivity contribution < 1.29 is 28.9 Å². The number of hydrogen-bond acceptors (Lipinski definition) is 6. The van der Waals surface area contributed by atoms with Crippen LogP contribution in [0.2, 0.25) is 0 Å². The van der Waals surface area contributed by atoms with E-state index in [1.807, 2.05) is 24.3 Å². The summed E-state index contributed by atoms with van der Waals surface area (Å²) in [5.74, 6) is 0.629. The summed E-state index contributed by atoms with van der Waals surface area (Å²) in [6, 6.07) is 12.0. The third-order valence-electron chi connectivity index (χ3n) is 7.63. The molecular weight excluding hydrogens is 482 g/mol. The van der Waals surface area contributed by atoms with E-state index in [2.05, 4.69) is 6.92 Å². The first kappa shape index (κ1) is 24.5. The third-order valence-corrected chi connectivity index (χ3v) is 8.23. The average molecular weight is 512 g/mol.